The fourth-order valence-electron chi connectivity index (χ4n) is 3.57. The van der Waals surface area contributed by atoms with Crippen molar-refractivity contribution >= 4 is 23.6 Å². The SMILES string of the molecule is CSCC[C@H](NC(=O)c1ccc(COCc2ccccc2)cc1-c1ccccc1C)C(=O)O.[H-].[Li+]. The van der Waals surface area contributed by atoms with Crippen LogP contribution in [0.4, 0.5) is 0 Å². The van der Waals surface area contributed by atoms with Crippen LogP contribution in [0, 0.1) is 6.92 Å². The molecule has 3 aromatic rings. The molecular formula is C27H30LiNO4S. The summed E-state index contributed by atoms with van der Waals surface area (Å²) < 4.78 is 5.89. The average Bonchev–Trinajstić information content (AvgIpc) is 2.82. The summed E-state index contributed by atoms with van der Waals surface area (Å²) in [6, 6.07) is 22.5. The Morgan fingerprint density at radius 3 is 2.32 bits per heavy atom. The van der Waals surface area contributed by atoms with Crippen molar-refractivity contribution in [2.24, 2.45) is 0 Å². The molecule has 0 saturated heterocycles. The molecule has 5 nitrogen and oxygen atoms in total. The molecule has 174 valence electrons. The summed E-state index contributed by atoms with van der Waals surface area (Å²) in [7, 11) is 0. The maximum absolute atomic E-state index is 13.1. The number of hydrogen-bond acceptors (Lipinski definition) is 4. The van der Waals surface area contributed by atoms with Crippen molar-refractivity contribution in [2.45, 2.75) is 32.6 Å². The first-order valence-electron chi connectivity index (χ1n) is 10.8. The molecule has 3 aromatic carbocycles. The van der Waals surface area contributed by atoms with Crippen molar-refractivity contribution < 1.29 is 39.7 Å². The van der Waals surface area contributed by atoms with Gasteiger partial charge in [-0.25, -0.2) is 4.79 Å². The Bertz CT molecular complexity index is 1100. The largest absolute Gasteiger partial charge is 1.00 e. The Labute approximate surface area is 219 Å². The monoisotopic (exact) mass is 471 g/mol. The molecule has 0 unspecified atom stereocenters. The third-order valence-electron chi connectivity index (χ3n) is 5.36. The predicted molar refractivity (Wildman–Crippen MR) is 135 cm³/mol. The summed E-state index contributed by atoms with van der Waals surface area (Å²) in [5, 5.41) is 12.2. The minimum Gasteiger partial charge on any atom is -1.00 e. The van der Waals surface area contributed by atoms with Crippen LogP contribution in [0.15, 0.2) is 72.8 Å². The molecule has 0 fully saturated rings. The number of aliphatic carboxylic acids is 1. The minimum absolute atomic E-state index is 0. The Kier molecular flexibility index (Phi) is 11.5. The molecule has 0 aliphatic heterocycles. The van der Waals surface area contributed by atoms with Gasteiger partial charge in [0.05, 0.1) is 13.2 Å². The standard InChI is InChI=1S/C27H29NO4S.Li.H/c1-19-8-6-7-11-22(19)24-16-21(18-32-17-20-9-4-3-5-10-20)12-13-23(24)26(29)28-25(27(30)31)14-15-33-2;;/h3-13,16,25H,14-15,17-18H2,1-2H3,(H,28,29)(H,30,31);;/q;+1;-1/t25-;;/m0../s1. The Hall–Kier alpha value is -2.49. The van der Waals surface area contributed by atoms with Gasteiger partial charge in [0.15, 0.2) is 0 Å². The predicted octanol–water partition coefficient (Wildman–Crippen LogP) is 2.43. The van der Waals surface area contributed by atoms with E-state index in [9.17, 15) is 14.7 Å². The van der Waals surface area contributed by atoms with Gasteiger partial charge in [-0.15, -0.1) is 0 Å². The van der Waals surface area contributed by atoms with Crippen LogP contribution in [-0.4, -0.2) is 35.0 Å². The van der Waals surface area contributed by atoms with E-state index >= 15 is 0 Å². The van der Waals surface area contributed by atoms with Gasteiger partial charge in [-0.1, -0.05) is 60.7 Å². The topological polar surface area (TPSA) is 75.6 Å². The van der Waals surface area contributed by atoms with Crippen LogP contribution in [-0.2, 0) is 22.7 Å². The molecule has 34 heavy (non-hydrogen) atoms. The van der Waals surface area contributed by atoms with E-state index in [0.29, 0.717) is 31.0 Å². The zero-order chi connectivity index (χ0) is 23.6. The molecular weight excluding hydrogens is 441 g/mol. The van der Waals surface area contributed by atoms with Gasteiger partial charge in [0.2, 0.25) is 0 Å². The summed E-state index contributed by atoms with van der Waals surface area (Å²) in [5.74, 6) is -0.765. The number of benzene rings is 3. The van der Waals surface area contributed by atoms with Crippen LogP contribution in [0.3, 0.4) is 0 Å². The van der Waals surface area contributed by atoms with E-state index < -0.39 is 17.9 Å². The molecule has 1 atom stereocenters. The number of thioether (sulfide) groups is 1. The molecule has 0 aliphatic carbocycles. The van der Waals surface area contributed by atoms with E-state index in [0.717, 1.165) is 27.8 Å². The van der Waals surface area contributed by atoms with E-state index in [1.807, 2.05) is 79.9 Å². The number of hydrogen-bond donors (Lipinski definition) is 2. The number of carboxylic acid groups (broad SMARTS) is 1. The van der Waals surface area contributed by atoms with Gasteiger partial charge in [-0.05, 0) is 65.3 Å². The molecule has 0 aromatic heterocycles. The summed E-state index contributed by atoms with van der Waals surface area (Å²) in [6.45, 7) is 2.90. The summed E-state index contributed by atoms with van der Waals surface area (Å²) in [6.07, 6.45) is 2.28. The molecule has 0 heterocycles. The molecule has 0 bridgehead atoms. The third kappa shape index (κ3) is 7.78. The number of aryl methyl sites for hydroxylation is 1. The smallest absolute Gasteiger partial charge is 1.00 e. The first-order valence-corrected chi connectivity index (χ1v) is 12.2. The van der Waals surface area contributed by atoms with Gasteiger partial charge in [0.25, 0.3) is 5.91 Å². The van der Waals surface area contributed by atoms with Crippen LogP contribution >= 0.6 is 11.8 Å². The number of carboxylic acids is 1. The maximum Gasteiger partial charge on any atom is 1.00 e. The van der Waals surface area contributed by atoms with Crippen molar-refractivity contribution in [3.05, 3.63) is 95.1 Å². The fraction of sp³-hybridized carbons (Fsp3) is 0.259. The second-order valence-electron chi connectivity index (χ2n) is 7.82. The van der Waals surface area contributed by atoms with Gasteiger partial charge in [0.1, 0.15) is 6.04 Å². The number of ether oxygens (including phenoxy) is 1. The van der Waals surface area contributed by atoms with E-state index in [2.05, 4.69) is 5.32 Å². The fourth-order valence-corrected chi connectivity index (χ4v) is 4.04. The van der Waals surface area contributed by atoms with Gasteiger partial charge < -0.3 is 16.6 Å². The van der Waals surface area contributed by atoms with Gasteiger partial charge in [0, 0.05) is 5.56 Å². The number of rotatable bonds is 11. The number of carbonyl (C=O) groups is 2. The number of amides is 1. The zero-order valence-corrected chi connectivity index (χ0v) is 20.7. The summed E-state index contributed by atoms with van der Waals surface area (Å²) >= 11 is 1.55. The van der Waals surface area contributed by atoms with Crippen molar-refractivity contribution in [3.8, 4) is 11.1 Å². The number of nitrogens with one attached hydrogen (secondary N) is 1. The van der Waals surface area contributed by atoms with Crippen molar-refractivity contribution in [3.63, 3.8) is 0 Å². The molecule has 3 rings (SSSR count). The molecule has 0 spiro atoms. The Morgan fingerprint density at radius 2 is 1.65 bits per heavy atom. The molecule has 0 aliphatic rings. The molecule has 2 N–H and O–H groups in total. The second kappa shape index (κ2) is 14.0. The van der Waals surface area contributed by atoms with Crippen LogP contribution in [0.25, 0.3) is 11.1 Å². The van der Waals surface area contributed by atoms with Gasteiger partial charge in [-0.3, -0.25) is 4.79 Å². The van der Waals surface area contributed by atoms with Crippen LogP contribution in [0.2, 0.25) is 0 Å². The van der Waals surface area contributed by atoms with Crippen LogP contribution in [0.5, 0.6) is 0 Å². The maximum atomic E-state index is 13.1. The minimum atomic E-state index is -1.03. The molecule has 1 amide bonds. The Morgan fingerprint density at radius 1 is 0.971 bits per heavy atom. The molecule has 0 saturated carbocycles. The zero-order valence-electron chi connectivity index (χ0n) is 20.9. The van der Waals surface area contributed by atoms with E-state index in [-0.39, 0.29) is 20.3 Å². The van der Waals surface area contributed by atoms with E-state index in [4.69, 9.17) is 4.74 Å². The van der Waals surface area contributed by atoms with E-state index in [1.54, 1.807) is 17.8 Å². The quantitative estimate of drug-likeness (QED) is 0.420. The molecule has 0 radical (unpaired) electrons. The van der Waals surface area contributed by atoms with Crippen LogP contribution in [0.1, 0.15) is 34.9 Å². The van der Waals surface area contributed by atoms with Gasteiger partial charge >= 0.3 is 24.8 Å². The third-order valence-corrected chi connectivity index (χ3v) is 6.00. The normalized spacial score (nSPS) is 11.4. The first kappa shape index (κ1) is 27.7. The average molecular weight is 472 g/mol. The Balaban J connectivity index is 0.00000306. The second-order valence-corrected chi connectivity index (χ2v) is 8.80. The first-order chi connectivity index (χ1) is 16.0. The molecule has 7 heteroatoms. The van der Waals surface area contributed by atoms with Crippen molar-refractivity contribution in [1.82, 2.24) is 5.32 Å². The number of carbonyl (C=O) groups excluding carboxylic acids is 1. The van der Waals surface area contributed by atoms with Gasteiger partial charge in [-0.2, -0.15) is 11.8 Å². The van der Waals surface area contributed by atoms with Crippen molar-refractivity contribution in [2.75, 3.05) is 12.0 Å². The summed E-state index contributed by atoms with van der Waals surface area (Å²) in [4.78, 5) is 24.8. The van der Waals surface area contributed by atoms with Crippen molar-refractivity contribution in [1.29, 1.82) is 0 Å². The van der Waals surface area contributed by atoms with Crippen LogP contribution < -0.4 is 24.2 Å². The summed E-state index contributed by atoms with van der Waals surface area (Å²) in [5.41, 5.74) is 5.22. The van der Waals surface area contributed by atoms with E-state index in [1.165, 1.54) is 0 Å².